The molecule has 3 rings (SSSR count). The molecular weight excluding hydrogens is 252 g/mol. The number of nitrogens with one attached hydrogen (secondary N) is 2. The van der Waals surface area contributed by atoms with Gasteiger partial charge in [0, 0.05) is 26.8 Å². The Morgan fingerprint density at radius 1 is 1.25 bits per heavy atom. The molecule has 0 amide bonds. The first-order valence-corrected chi connectivity index (χ1v) is 7.57. The molecule has 3 atom stereocenters. The number of ether oxygens (including phenoxy) is 1. The van der Waals surface area contributed by atoms with E-state index < -0.39 is 0 Å². The highest BCUT2D eigenvalue weighted by molar-refractivity contribution is 5.47. The van der Waals surface area contributed by atoms with Crippen molar-refractivity contribution in [3.63, 3.8) is 0 Å². The van der Waals surface area contributed by atoms with E-state index in [4.69, 9.17) is 4.74 Å². The van der Waals surface area contributed by atoms with Gasteiger partial charge in [-0.1, -0.05) is 6.42 Å². The number of anilines is 2. The Labute approximate surface area is 120 Å². The van der Waals surface area contributed by atoms with E-state index >= 15 is 0 Å². The number of hydrogen-bond donors (Lipinski definition) is 2. The van der Waals surface area contributed by atoms with E-state index in [1.165, 1.54) is 25.7 Å². The number of methoxy groups -OCH3 is 1. The van der Waals surface area contributed by atoms with Crippen LogP contribution in [0.5, 0.6) is 0 Å². The summed E-state index contributed by atoms with van der Waals surface area (Å²) in [5.74, 6) is 5.22. The Balaban J connectivity index is 1.62. The predicted octanol–water partition coefficient (Wildman–Crippen LogP) is 2.51. The maximum atomic E-state index is 5.12. The smallest absolute Gasteiger partial charge is 0.158 e. The predicted molar refractivity (Wildman–Crippen MR) is 79.7 cm³/mol. The van der Waals surface area contributed by atoms with E-state index in [1.807, 2.05) is 13.1 Å². The number of hydrogen-bond acceptors (Lipinski definition) is 5. The van der Waals surface area contributed by atoms with Crippen molar-refractivity contribution in [2.24, 2.45) is 17.8 Å². The van der Waals surface area contributed by atoms with Gasteiger partial charge in [-0.15, -0.1) is 0 Å². The van der Waals surface area contributed by atoms with Gasteiger partial charge in [-0.05, 0) is 37.0 Å². The summed E-state index contributed by atoms with van der Waals surface area (Å²) < 4.78 is 5.12. The van der Waals surface area contributed by atoms with Gasteiger partial charge in [0.1, 0.15) is 18.2 Å². The third-order valence-corrected chi connectivity index (χ3v) is 4.73. The van der Waals surface area contributed by atoms with Crippen molar-refractivity contribution < 1.29 is 4.74 Å². The molecule has 0 aliphatic heterocycles. The zero-order chi connectivity index (χ0) is 13.9. The average molecular weight is 276 g/mol. The van der Waals surface area contributed by atoms with Crippen LogP contribution >= 0.6 is 0 Å². The normalized spacial score (nSPS) is 27.8. The van der Waals surface area contributed by atoms with Gasteiger partial charge in [0.05, 0.1) is 0 Å². The minimum absolute atomic E-state index is 0.443. The summed E-state index contributed by atoms with van der Waals surface area (Å²) in [5.41, 5.74) is 0. The van der Waals surface area contributed by atoms with Crippen LogP contribution in [0, 0.1) is 17.8 Å². The molecule has 20 heavy (non-hydrogen) atoms. The van der Waals surface area contributed by atoms with Crippen LogP contribution in [0.25, 0.3) is 0 Å². The fourth-order valence-electron chi connectivity index (χ4n) is 3.77. The van der Waals surface area contributed by atoms with E-state index in [0.717, 1.165) is 41.8 Å². The Morgan fingerprint density at radius 3 is 2.75 bits per heavy atom. The average Bonchev–Trinajstić information content (AvgIpc) is 3.07. The summed E-state index contributed by atoms with van der Waals surface area (Å²) in [6, 6.07) is 1.96. The van der Waals surface area contributed by atoms with Gasteiger partial charge >= 0.3 is 0 Å². The quantitative estimate of drug-likeness (QED) is 0.836. The molecular formula is C15H24N4O. The highest BCUT2D eigenvalue weighted by atomic mass is 16.5. The molecule has 5 heteroatoms. The molecule has 2 fully saturated rings. The van der Waals surface area contributed by atoms with E-state index in [1.54, 1.807) is 7.11 Å². The third kappa shape index (κ3) is 2.87. The van der Waals surface area contributed by atoms with E-state index in [2.05, 4.69) is 20.6 Å². The van der Waals surface area contributed by atoms with Crippen molar-refractivity contribution in [3.05, 3.63) is 11.9 Å². The van der Waals surface area contributed by atoms with Crippen LogP contribution in [0.15, 0.2) is 6.07 Å². The topological polar surface area (TPSA) is 59.1 Å². The van der Waals surface area contributed by atoms with Gasteiger partial charge in [0.2, 0.25) is 0 Å². The van der Waals surface area contributed by atoms with Crippen LogP contribution < -0.4 is 10.6 Å². The summed E-state index contributed by atoms with van der Waals surface area (Å²) in [4.78, 5) is 8.88. The second-order valence-corrected chi connectivity index (χ2v) is 6.05. The molecule has 5 nitrogen and oxygen atoms in total. The molecule has 1 heterocycles. The van der Waals surface area contributed by atoms with Gasteiger partial charge in [0.25, 0.3) is 0 Å². The second kappa shape index (κ2) is 5.95. The van der Waals surface area contributed by atoms with Crippen molar-refractivity contribution >= 4 is 11.6 Å². The first kappa shape index (κ1) is 13.6. The van der Waals surface area contributed by atoms with Gasteiger partial charge < -0.3 is 15.4 Å². The largest absolute Gasteiger partial charge is 0.377 e. The molecule has 0 saturated heterocycles. The SMILES string of the molecule is CNc1cc(NCC2CC3CCC2C3)nc(COC)n1. The first-order chi connectivity index (χ1) is 9.78. The zero-order valence-electron chi connectivity index (χ0n) is 12.4. The molecule has 110 valence electrons. The summed E-state index contributed by atoms with van der Waals surface area (Å²) >= 11 is 0. The molecule has 3 unspecified atom stereocenters. The highest BCUT2D eigenvalue weighted by Gasteiger charge is 2.39. The molecule has 1 aromatic rings. The van der Waals surface area contributed by atoms with Crippen molar-refractivity contribution in [2.75, 3.05) is 31.3 Å². The lowest BCUT2D eigenvalue weighted by Crippen LogP contribution is -2.21. The van der Waals surface area contributed by atoms with Gasteiger partial charge in [-0.25, -0.2) is 9.97 Å². The molecule has 2 N–H and O–H groups in total. The maximum Gasteiger partial charge on any atom is 0.158 e. The van der Waals surface area contributed by atoms with E-state index in [0.29, 0.717) is 6.61 Å². The van der Waals surface area contributed by atoms with E-state index in [9.17, 15) is 0 Å². The number of aromatic nitrogens is 2. The molecule has 2 bridgehead atoms. The van der Waals surface area contributed by atoms with Crippen molar-refractivity contribution in [1.29, 1.82) is 0 Å². The highest BCUT2D eigenvalue weighted by Crippen LogP contribution is 2.48. The Bertz CT molecular complexity index is 465. The van der Waals surface area contributed by atoms with Crippen molar-refractivity contribution in [1.82, 2.24) is 9.97 Å². The monoisotopic (exact) mass is 276 g/mol. The van der Waals surface area contributed by atoms with Crippen molar-refractivity contribution in [3.8, 4) is 0 Å². The summed E-state index contributed by atoms with van der Waals surface area (Å²) in [6.07, 6.45) is 5.73. The Morgan fingerprint density at radius 2 is 2.10 bits per heavy atom. The number of rotatable bonds is 6. The maximum absolute atomic E-state index is 5.12. The van der Waals surface area contributed by atoms with Crippen LogP contribution in [0.3, 0.4) is 0 Å². The zero-order valence-corrected chi connectivity index (χ0v) is 12.4. The molecule has 0 aromatic carbocycles. The minimum Gasteiger partial charge on any atom is -0.377 e. The lowest BCUT2D eigenvalue weighted by Gasteiger charge is -2.22. The third-order valence-electron chi connectivity index (χ3n) is 4.73. The van der Waals surface area contributed by atoms with Crippen LogP contribution in [0.2, 0.25) is 0 Å². The minimum atomic E-state index is 0.443. The van der Waals surface area contributed by atoms with Gasteiger partial charge in [-0.2, -0.15) is 0 Å². The second-order valence-electron chi connectivity index (χ2n) is 6.05. The molecule has 2 saturated carbocycles. The molecule has 0 spiro atoms. The Hall–Kier alpha value is -1.36. The van der Waals surface area contributed by atoms with E-state index in [-0.39, 0.29) is 0 Å². The van der Waals surface area contributed by atoms with Crippen molar-refractivity contribution in [2.45, 2.75) is 32.3 Å². The molecule has 1 aromatic heterocycles. The van der Waals surface area contributed by atoms with Crippen LogP contribution in [-0.2, 0) is 11.3 Å². The lowest BCUT2D eigenvalue weighted by molar-refractivity contribution is 0.178. The lowest BCUT2D eigenvalue weighted by atomic mass is 9.89. The molecule has 2 aliphatic rings. The number of fused-ring (bicyclic) bond motifs is 2. The molecule has 2 aliphatic carbocycles. The first-order valence-electron chi connectivity index (χ1n) is 7.57. The van der Waals surface area contributed by atoms with Gasteiger partial charge in [-0.3, -0.25) is 0 Å². The standard InChI is InChI=1S/C15H24N4O/c1-16-13-7-14(19-15(18-13)9-20-2)17-8-12-6-10-3-4-11(12)5-10/h7,10-12H,3-6,8-9H2,1-2H3,(H2,16,17,18,19). The Kier molecular flexibility index (Phi) is 4.05. The number of nitrogens with zero attached hydrogens (tertiary/aromatic N) is 2. The fourth-order valence-corrected chi connectivity index (χ4v) is 3.77. The summed E-state index contributed by atoms with van der Waals surface area (Å²) in [5, 5.41) is 6.57. The van der Waals surface area contributed by atoms with Crippen LogP contribution in [0.1, 0.15) is 31.5 Å². The summed E-state index contributed by atoms with van der Waals surface area (Å²) in [6.45, 7) is 1.48. The van der Waals surface area contributed by atoms with Gasteiger partial charge in [0.15, 0.2) is 5.82 Å². The fraction of sp³-hybridized carbons (Fsp3) is 0.733. The van der Waals surface area contributed by atoms with Crippen LogP contribution in [-0.4, -0.2) is 30.7 Å². The van der Waals surface area contributed by atoms with Crippen LogP contribution in [0.4, 0.5) is 11.6 Å². The summed E-state index contributed by atoms with van der Waals surface area (Å²) in [7, 11) is 3.54. The molecule has 0 radical (unpaired) electrons.